The van der Waals surface area contributed by atoms with Crippen molar-refractivity contribution >= 4 is 50.1 Å². The van der Waals surface area contributed by atoms with Crippen LogP contribution in [0.2, 0.25) is 0 Å². The minimum Gasteiger partial charge on any atom is -0.478 e. The molecule has 19 heavy (non-hydrogen) atoms. The number of hydrogen-bond donors (Lipinski definition) is 1. The van der Waals surface area contributed by atoms with Crippen molar-refractivity contribution in [1.29, 1.82) is 0 Å². The lowest BCUT2D eigenvalue weighted by Gasteiger charge is -1.97. The van der Waals surface area contributed by atoms with E-state index in [1.54, 1.807) is 18.2 Å². The predicted molar refractivity (Wildman–Crippen MR) is 84.7 cm³/mol. The molecule has 3 aromatic rings. The molecule has 0 saturated carbocycles. The summed E-state index contributed by atoms with van der Waals surface area (Å²) in [4.78, 5) is 15.5. The lowest BCUT2D eigenvalue weighted by atomic mass is 10.2. The van der Waals surface area contributed by atoms with Crippen molar-refractivity contribution in [1.82, 2.24) is 4.98 Å². The zero-order chi connectivity index (χ0) is 13.4. The molecule has 0 spiro atoms. The molecule has 0 amide bonds. The number of carbonyl (C=O) groups is 1. The van der Waals surface area contributed by atoms with Gasteiger partial charge < -0.3 is 5.11 Å². The maximum atomic E-state index is 11.0. The summed E-state index contributed by atoms with van der Waals surface area (Å²) in [5.74, 6) is -0.911. The van der Waals surface area contributed by atoms with E-state index in [1.165, 1.54) is 11.3 Å². The average Bonchev–Trinajstić information content (AvgIpc) is 2.81. The Hall–Kier alpha value is -1.47. The fourth-order valence-electron chi connectivity index (χ4n) is 1.81. The first-order chi connectivity index (χ1) is 9.15. The van der Waals surface area contributed by atoms with Crippen LogP contribution in [-0.2, 0) is 0 Å². The van der Waals surface area contributed by atoms with Crippen LogP contribution in [0.3, 0.4) is 0 Å². The van der Waals surface area contributed by atoms with E-state index in [9.17, 15) is 4.79 Å². The standard InChI is InChI=1S/C14H8INO2S/c15-10-4-2-1-3-9(10)13-16-11-6-5-8(14(17)18)7-12(11)19-13/h1-7H,(H,17,18). The van der Waals surface area contributed by atoms with Gasteiger partial charge in [-0.25, -0.2) is 9.78 Å². The smallest absolute Gasteiger partial charge is 0.335 e. The minimum atomic E-state index is -0.911. The van der Waals surface area contributed by atoms with Gasteiger partial charge in [0.15, 0.2) is 0 Å². The van der Waals surface area contributed by atoms with E-state index in [2.05, 4.69) is 27.6 Å². The molecule has 3 rings (SSSR count). The number of rotatable bonds is 2. The molecule has 0 aliphatic heterocycles. The largest absolute Gasteiger partial charge is 0.478 e. The van der Waals surface area contributed by atoms with Gasteiger partial charge in [-0.3, -0.25) is 0 Å². The Morgan fingerprint density at radius 3 is 2.74 bits per heavy atom. The van der Waals surface area contributed by atoms with E-state index < -0.39 is 5.97 Å². The Morgan fingerprint density at radius 1 is 1.21 bits per heavy atom. The van der Waals surface area contributed by atoms with E-state index in [-0.39, 0.29) is 0 Å². The Bertz CT molecular complexity index is 782. The van der Waals surface area contributed by atoms with Crippen LogP contribution >= 0.6 is 33.9 Å². The molecule has 2 aromatic carbocycles. The number of carboxylic acids is 1. The lowest BCUT2D eigenvalue weighted by molar-refractivity contribution is 0.0697. The van der Waals surface area contributed by atoms with E-state index in [0.717, 1.165) is 24.4 Å². The number of fused-ring (bicyclic) bond motifs is 1. The number of thiazole rings is 1. The highest BCUT2D eigenvalue weighted by Crippen LogP contribution is 2.33. The molecule has 0 atom stereocenters. The normalized spacial score (nSPS) is 10.8. The summed E-state index contributed by atoms with van der Waals surface area (Å²) in [7, 11) is 0. The van der Waals surface area contributed by atoms with Crippen LogP contribution in [0.25, 0.3) is 20.8 Å². The number of benzene rings is 2. The summed E-state index contributed by atoms with van der Waals surface area (Å²) in [6.07, 6.45) is 0. The Kier molecular flexibility index (Phi) is 3.24. The molecule has 0 aliphatic carbocycles. The second-order valence-electron chi connectivity index (χ2n) is 3.99. The fourth-order valence-corrected chi connectivity index (χ4v) is 3.68. The van der Waals surface area contributed by atoms with Gasteiger partial charge in [-0.15, -0.1) is 11.3 Å². The number of aromatic nitrogens is 1. The zero-order valence-electron chi connectivity index (χ0n) is 9.63. The van der Waals surface area contributed by atoms with Crippen molar-refractivity contribution in [2.24, 2.45) is 0 Å². The van der Waals surface area contributed by atoms with Gasteiger partial charge >= 0.3 is 5.97 Å². The maximum Gasteiger partial charge on any atom is 0.335 e. The Morgan fingerprint density at radius 2 is 2.00 bits per heavy atom. The quantitative estimate of drug-likeness (QED) is 0.675. The van der Waals surface area contributed by atoms with Gasteiger partial charge in [0.1, 0.15) is 5.01 Å². The lowest BCUT2D eigenvalue weighted by Crippen LogP contribution is -1.94. The third kappa shape index (κ3) is 2.35. The summed E-state index contributed by atoms with van der Waals surface area (Å²) in [6, 6.07) is 13.0. The van der Waals surface area contributed by atoms with Crippen molar-refractivity contribution in [3.8, 4) is 10.6 Å². The van der Waals surface area contributed by atoms with E-state index in [0.29, 0.717) is 5.56 Å². The number of hydrogen-bond acceptors (Lipinski definition) is 3. The molecule has 0 radical (unpaired) electrons. The average molecular weight is 381 g/mol. The van der Waals surface area contributed by atoms with Crippen LogP contribution < -0.4 is 0 Å². The zero-order valence-corrected chi connectivity index (χ0v) is 12.6. The molecule has 0 bridgehead atoms. The second kappa shape index (κ2) is 4.90. The molecule has 1 N–H and O–H groups in total. The van der Waals surface area contributed by atoms with Crippen LogP contribution in [0.1, 0.15) is 10.4 Å². The first kappa shape index (κ1) is 12.6. The highest BCUT2D eigenvalue weighted by atomic mass is 127. The summed E-state index contributed by atoms with van der Waals surface area (Å²) in [6.45, 7) is 0. The number of carboxylic acid groups (broad SMARTS) is 1. The molecule has 5 heteroatoms. The maximum absolute atomic E-state index is 11.0. The highest BCUT2D eigenvalue weighted by Gasteiger charge is 2.11. The molecule has 0 unspecified atom stereocenters. The van der Waals surface area contributed by atoms with E-state index >= 15 is 0 Å². The van der Waals surface area contributed by atoms with Crippen LogP contribution in [0, 0.1) is 3.57 Å². The van der Waals surface area contributed by atoms with Crippen molar-refractivity contribution in [3.63, 3.8) is 0 Å². The molecule has 1 heterocycles. The van der Waals surface area contributed by atoms with Gasteiger partial charge in [0.05, 0.1) is 15.8 Å². The Labute approximate surface area is 127 Å². The van der Waals surface area contributed by atoms with Crippen molar-refractivity contribution in [2.45, 2.75) is 0 Å². The number of aromatic carboxylic acids is 1. The second-order valence-corrected chi connectivity index (χ2v) is 6.18. The summed E-state index contributed by atoms with van der Waals surface area (Å²) < 4.78 is 2.03. The fraction of sp³-hybridized carbons (Fsp3) is 0. The molecule has 0 saturated heterocycles. The summed E-state index contributed by atoms with van der Waals surface area (Å²) >= 11 is 3.80. The predicted octanol–water partition coefficient (Wildman–Crippen LogP) is 4.27. The first-order valence-corrected chi connectivity index (χ1v) is 7.43. The third-order valence-electron chi connectivity index (χ3n) is 2.74. The molecule has 94 valence electrons. The van der Waals surface area contributed by atoms with Crippen molar-refractivity contribution < 1.29 is 9.90 Å². The molecule has 1 aromatic heterocycles. The van der Waals surface area contributed by atoms with Crippen molar-refractivity contribution in [2.75, 3.05) is 0 Å². The molecule has 3 nitrogen and oxygen atoms in total. The van der Waals surface area contributed by atoms with Crippen LogP contribution in [0.4, 0.5) is 0 Å². The third-order valence-corrected chi connectivity index (χ3v) is 4.73. The summed E-state index contributed by atoms with van der Waals surface area (Å²) in [5, 5.41) is 9.91. The SMILES string of the molecule is O=C(O)c1ccc2nc(-c3ccccc3I)sc2c1. The van der Waals surface area contributed by atoms with Gasteiger partial charge in [-0.2, -0.15) is 0 Å². The topological polar surface area (TPSA) is 50.2 Å². The first-order valence-electron chi connectivity index (χ1n) is 5.54. The molecular weight excluding hydrogens is 373 g/mol. The number of halogens is 1. The van der Waals surface area contributed by atoms with Crippen LogP contribution in [0.15, 0.2) is 42.5 Å². The van der Waals surface area contributed by atoms with Gasteiger partial charge in [0.25, 0.3) is 0 Å². The minimum absolute atomic E-state index is 0.297. The molecular formula is C14H8INO2S. The van der Waals surface area contributed by atoms with Gasteiger partial charge in [0, 0.05) is 9.13 Å². The molecule has 0 aliphatic rings. The number of nitrogens with zero attached hydrogens (tertiary/aromatic N) is 1. The van der Waals surface area contributed by atoms with Crippen LogP contribution in [-0.4, -0.2) is 16.1 Å². The van der Waals surface area contributed by atoms with Gasteiger partial charge in [0.2, 0.25) is 0 Å². The van der Waals surface area contributed by atoms with Gasteiger partial charge in [-0.05, 0) is 46.9 Å². The Balaban J connectivity index is 2.17. The van der Waals surface area contributed by atoms with E-state index in [1.807, 2.05) is 24.3 Å². The monoisotopic (exact) mass is 381 g/mol. The van der Waals surface area contributed by atoms with Crippen LogP contribution in [0.5, 0.6) is 0 Å². The van der Waals surface area contributed by atoms with Gasteiger partial charge in [-0.1, -0.05) is 18.2 Å². The summed E-state index contributed by atoms with van der Waals surface area (Å²) in [5.41, 5.74) is 2.22. The van der Waals surface area contributed by atoms with Crippen molar-refractivity contribution in [3.05, 3.63) is 51.6 Å². The molecule has 0 fully saturated rings. The highest BCUT2D eigenvalue weighted by molar-refractivity contribution is 14.1. The van der Waals surface area contributed by atoms with E-state index in [4.69, 9.17) is 5.11 Å².